The van der Waals surface area contributed by atoms with Crippen molar-refractivity contribution in [2.24, 2.45) is 0 Å². The van der Waals surface area contributed by atoms with E-state index >= 15 is 0 Å². The van der Waals surface area contributed by atoms with E-state index in [2.05, 4.69) is 11.8 Å². The van der Waals surface area contributed by atoms with Gasteiger partial charge < -0.3 is 19.6 Å². The zero-order valence-electron chi connectivity index (χ0n) is 11.4. The SMILES string of the molecule is CCCN(CCO)CCCC(=O)N1CCOCC1. The van der Waals surface area contributed by atoms with Gasteiger partial charge in [0, 0.05) is 26.1 Å². The van der Waals surface area contributed by atoms with Crippen LogP contribution in [0.5, 0.6) is 0 Å². The van der Waals surface area contributed by atoms with Gasteiger partial charge in [-0.05, 0) is 25.9 Å². The maximum atomic E-state index is 11.9. The first-order chi connectivity index (χ1) is 8.77. The van der Waals surface area contributed by atoms with Gasteiger partial charge in [-0.1, -0.05) is 6.92 Å². The molecule has 5 heteroatoms. The van der Waals surface area contributed by atoms with Gasteiger partial charge in [-0.3, -0.25) is 4.79 Å². The van der Waals surface area contributed by atoms with Crippen LogP contribution >= 0.6 is 0 Å². The first-order valence-electron chi connectivity index (χ1n) is 6.96. The Labute approximate surface area is 110 Å². The Morgan fingerprint density at radius 1 is 1.28 bits per heavy atom. The van der Waals surface area contributed by atoms with Crippen molar-refractivity contribution in [3.05, 3.63) is 0 Å². The van der Waals surface area contributed by atoms with Gasteiger partial charge in [0.05, 0.1) is 19.8 Å². The highest BCUT2D eigenvalue weighted by atomic mass is 16.5. The number of nitrogens with zero attached hydrogens (tertiary/aromatic N) is 2. The smallest absolute Gasteiger partial charge is 0.222 e. The number of morpholine rings is 1. The zero-order valence-corrected chi connectivity index (χ0v) is 11.4. The van der Waals surface area contributed by atoms with Crippen molar-refractivity contribution >= 4 is 5.91 Å². The Morgan fingerprint density at radius 3 is 2.61 bits per heavy atom. The molecule has 0 aromatic heterocycles. The van der Waals surface area contributed by atoms with E-state index in [4.69, 9.17) is 9.84 Å². The summed E-state index contributed by atoms with van der Waals surface area (Å²) in [6.07, 6.45) is 2.55. The van der Waals surface area contributed by atoms with Crippen molar-refractivity contribution in [3.8, 4) is 0 Å². The Bertz CT molecular complexity index is 224. The summed E-state index contributed by atoms with van der Waals surface area (Å²) in [6.45, 7) is 7.70. The number of ether oxygens (including phenoxy) is 1. The maximum absolute atomic E-state index is 11.9. The molecule has 1 fully saturated rings. The molecular formula is C13H26N2O3. The van der Waals surface area contributed by atoms with Crippen LogP contribution in [0.4, 0.5) is 0 Å². The molecule has 0 aromatic rings. The van der Waals surface area contributed by atoms with E-state index < -0.39 is 0 Å². The third-order valence-corrected chi connectivity index (χ3v) is 3.18. The van der Waals surface area contributed by atoms with E-state index in [0.717, 1.165) is 39.0 Å². The van der Waals surface area contributed by atoms with E-state index in [-0.39, 0.29) is 12.5 Å². The molecule has 0 radical (unpaired) electrons. The van der Waals surface area contributed by atoms with Gasteiger partial charge in [-0.25, -0.2) is 0 Å². The minimum Gasteiger partial charge on any atom is -0.395 e. The fraction of sp³-hybridized carbons (Fsp3) is 0.923. The van der Waals surface area contributed by atoms with Gasteiger partial charge in [0.15, 0.2) is 0 Å². The minimum absolute atomic E-state index is 0.192. The van der Waals surface area contributed by atoms with E-state index in [0.29, 0.717) is 26.2 Å². The first-order valence-corrected chi connectivity index (χ1v) is 6.96. The summed E-state index contributed by atoms with van der Waals surface area (Å²) in [6, 6.07) is 0. The molecule has 0 unspecified atom stereocenters. The fourth-order valence-corrected chi connectivity index (χ4v) is 2.22. The minimum atomic E-state index is 0.192. The quantitative estimate of drug-likeness (QED) is 0.682. The Hall–Kier alpha value is -0.650. The van der Waals surface area contributed by atoms with Crippen LogP contribution in [0.25, 0.3) is 0 Å². The predicted octanol–water partition coefficient (Wildman–Crippen LogP) is 0.330. The van der Waals surface area contributed by atoms with Gasteiger partial charge in [0.2, 0.25) is 5.91 Å². The number of amides is 1. The van der Waals surface area contributed by atoms with Crippen molar-refractivity contribution < 1.29 is 14.6 Å². The van der Waals surface area contributed by atoms with E-state index in [1.807, 2.05) is 4.90 Å². The van der Waals surface area contributed by atoms with Crippen molar-refractivity contribution in [2.45, 2.75) is 26.2 Å². The van der Waals surface area contributed by atoms with Crippen LogP contribution in [0.3, 0.4) is 0 Å². The predicted molar refractivity (Wildman–Crippen MR) is 70.4 cm³/mol. The molecule has 106 valence electrons. The van der Waals surface area contributed by atoms with E-state index in [1.54, 1.807) is 0 Å². The molecule has 1 aliphatic rings. The molecule has 1 rings (SSSR count). The molecule has 0 bridgehead atoms. The third-order valence-electron chi connectivity index (χ3n) is 3.18. The van der Waals surface area contributed by atoms with Crippen LogP contribution in [-0.4, -0.2) is 73.4 Å². The van der Waals surface area contributed by atoms with Crippen molar-refractivity contribution in [3.63, 3.8) is 0 Å². The average molecular weight is 258 g/mol. The molecule has 0 saturated carbocycles. The fourth-order valence-electron chi connectivity index (χ4n) is 2.22. The molecule has 0 spiro atoms. The molecule has 0 aromatic carbocycles. The summed E-state index contributed by atoms with van der Waals surface area (Å²) in [7, 11) is 0. The molecule has 0 atom stereocenters. The number of aliphatic hydroxyl groups is 1. The Morgan fingerprint density at radius 2 is 2.00 bits per heavy atom. The highest BCUT2D eigenvalue weighted by molar-refractivity contribution is 5.76. The monoisotopic (exact) mass is 258 g/mol. The lowest BCUT2D eigenvalue weighted by molar-refractivity contribution is -0.135. The lowest BCUT2D eigenvalue weighted by atomic mass is 10.2. The van der Waals surface area contributed by atoms with Crippen LogP contribution in [0.15, 0.2) is 0 Å². The largest absolute Gasteiger partial charge is 0.395 e. The van der Waals surface area contributed by atoms with Crippen LogP contribution in [0.1, 0.15) is 26.2 Å². The molecule has 1 amide bonds. The molecule has 1 saturated heterocycles. The second-order valence-electron chi connectivity index (χ2n) is 4.66. The lowest BCUT2D eigenvalue weighted by Gasteiger charge is -2.27. The second kappa shape index (κ2) is 9.30. The van der Waals surface area contributed by atoms with E-state index in [1.165, 1.54) is 0 Å². The highest BCUT2D eigenvalue weighted by Crippen LogP contribution is 2.04. The van der Waals surface area contributed by atoms with Crippen LogP contribution in [0.2, 0.25) is 0 Å². The molecule has 1 heterocycles. The number of aliphatic hydroxyl groups excluding tert-OH is 1. The number of carbonyl (C=O) groups excluding carboxylic acids is 1. The van der Waals surface area contributed by atoms with Gasteiger partial charge in [-0.2, -0.15) is 0 Å². The molecular weight excluding hydrogens is 232 g/mol. The number of carbonyl (C=O) groups is 1. The maximum Gasteiger partial charge on any atom is 0.222 e. The van der Waals surface area contributed by atoms with Crippen molar-refractivity contribution in [1.82, 2.24) is 9.80 Å². The van der Waals surface area contributed by atoms with Gasteiger partial charge in [-0.15, -0.1) is 0 Å². The summed E-state index contributed by atoms with van der Waals surface area (Å²) in [5.41, 5.74) is 0. The second-order valence-corrected chi connectivity index (χ2v) is 4.66. The average Bonchev–Trinajstić information content (AvgIpc) is 2.40. The molecule has 0 aliphatic carbocycles. The van der Waals surface area contributed by atoms with Crippen molar-refractivity contribution in [1.29, 1.82) is 0 Å². The number of hydrogen-bond acceptors (Lipinski definition) is 4. The topological polar surface area (TPSA) is 53.0 Å². The molecule has 1 aliphatic heterocycles. The summed E-state index contributed by atoms with van der Waals surface area (Å²) < 4.78 is 5.23. The standard InChI is InChI=1S/C13H26N2O3/c1-2-5-14(7-10-16)6-3-4-13(17)15-8-11-18-12-9-15/h16H,2-12H2,1H3. The highest BCUT2D eigenvalue weighted by Gasteiger charge is 2.16. The van der Waals surface area contributed by atoms with Gasteiger partial charge in [0.1, 0.15) is 0 Å². The van der Waals surface area contributed by atoms with Crippen LogP contribution in [-0.2, 0) is 9.53 Å². The summed E-state index contributed by atoms with van der Waals surface area (Å²) in [5.74, 6) is 0.235. The normalized spacial score (nSPS) is 16.3. The van der Waals surface area contributed by atoms with Gasteiger partial charge in [0.25, 0.3) is 0 Å². The number of hydrogen-bond donors (Lipinski definition) is 1. The summed E-state index contributed by atoms with van der Waals surface area (Å²) >= 11 is 0. The lowest BCUT2D eigenvalue weighted by Crippen LogP contribution is -2.41. The van der Waals surface area contributed by atoms with E-state index in [9.17, 15) is 4.79 Å². The molecule has 5 nitrogen and oxygen atoms in total. The summed E-state index contributed by atoms with van der Waals surface area (Å²) in [4.78, 5) is 16.0. The summed E-state index contributed by atoms with van der Waals surface area (Å²) in [5, 5.41) is 8.94. The van der Waals surface area contributed by atoms with Crippen LogP contribution < -0.4 is 0 Å². The van der Waals surface area contributed by atoms with Crippen LogP contribution in [0, 0.1) is 0 Å². The third kappa shape index (κ3) is 5.80. The zero-order chi connectivity index (χ0) is 13.2. The van der Waals surface area contributed by atoms with Gasteiger partial charge >= 0.3 is 0 Å². The molecule has 1 N–H and O–H groups in total. The first kappa shape index (κ1) is 15.4. The number of rotatable bonds is 8. The Balaban J connectivity index is 2.16. The Kier molecular flexibility index (Phi) is 7.96. The molecule has 18 heavy (non-hydrogen) atoms. The van der Waals surface area contributed by atoms with Crippen molar-refractivity contribution in [2.75, 3.05) is 52.5 Å².